The molecule has 0 saturated carbocycles. The van der Waals surface area contributed by atoms with E-state index in [0.717, 1.165) is 41.5 Å². The highest BCUT2D eigenvalue weighted by Crippen LogP contribution is 2.24. The van der Waals surface area contributed by atoms with E-state index in [2.05, 4.69) is 35.5 Å². The Morgan fingerprint density at radius 1 is 1.03 bits per heavy atom. The molecule has 1 fully saturated rings. The summed E-state index contributed by atoms with van der Waals surface area (Å²) in [6.45, 7) is 8.00. The summed E-state index contributed by atoms with van der Waals surface area (Å²) in [4.78, 5) is 18.2. The molecule has 0 radical (unpaired) electrons. The number of amides is 1. The second-order valence-corrected chi connectivity index (χ2v) is 11.3. The first-order chi connectivity index (χ1) is 15.3. The number of carbonyl (C=O) groups excluding carboxylic acids is 1. The number of fused-ring (bicyclic) bond motifs is 1. The molecule has 2 aromatic carbocycles. The molecule has 0 aliphatic carbocycles. The standard InChI is InChI=1S/C24H29N3O3S2/c1-4-27-22-18(3)15-17(2)16-21(22)31-24(27)25-23(28)19-9-11-20(12-10-19)32(29,30)26-13-7-5-6-8-14-26/h9-12,15-16H,4-8,13-14H2,1-3H3. The molecule has 0 N–H and O–H groups in total. The number of rotatable bonds is 4. The van der Waals surface area contributed by atoms with Crippen molar-refractivity contribution in [1.29, 1.82) is 0 Å². The topological polar surface area (TPSA) is 71.7 Å². The predicted octanol–water partition coefficient (Wildman–Crippen LogP) is 4.65. The van der Waals surface area contributed by atoms with Crippen LogP contribution < -0.4 is 4.80 Å². The highest BCUT2D eigenvalue weighted by atomic mass is 32.2. The summed E-state index contributed by atoms with van der Waals surface area (Å²) in [7, 11) is -3.53. The number of hydrogen-bond acceptors (Lipinski definition) is 4. The summed E-state index contributed by atoms with van der Waals surface area (Å²) < 4.78 is 30.7. The Morgan fingerprint density at radius 2 is 1.69 bits per heavy atom. The Kier molecular flexibility index (Phi) is 6.65. The fourth-order valence-corrected chi connectivity index (χ4v) is 7.11. The van der Waals surface area contributed by atoms with Gasteiger partial charge in [-0.3, -0.25) is 4.79 Å². The number of benzene rings is 2. The second-order valence-electron chi connectivity index (χ2n) is 8.32. The number of sulfonamides is 1. The SMILES string of the molecule is CCn1c(=NC(=O)c2ccc(S(=O)(=O)N3CCCCCC3)cc2)sc2cc(C)cc(C)c21. The van der Waals surface area contributed by atoms with Gasteiger partial charge in [0.25, 0.3) is 5.91 Å². The summed E-state index contributed by atoms with van der Waals surface area (Å²) in [6, 6.07) is 10.4. The molecule has 1 aliphatic rings. The van der Waals surface area contributed by atoms with Gasteiger partial charge in [0.15, 0.2) is 4.80 Å². The summed E-state index contributed by atoms with van der Waals surface area (Å²) in [5, 5.41) is 0. The largest absolute Gasteiger partial charge is 0.316 e. The van der Waals surface area contributed by atoms with Crippen LogP contribution in [0.1, 0.15) is 54.1 Å². The first kappa shape index (κ1) is 22.9. The van der Waals surface area contributed by atoms with E-state index in [1.54, 1.807) is 16.4 Å². The maximum atomic E-state index is 13.0. The first-order valence-electron chi connectivity index (χ1n) is 11.1. The molecule has 1 aliphatic heterocycles. The smallest absolute Gasteiger partial charge is 0.279 e. The quantitative estimate of drug-likeness (QED) is 0.556. The molecule has 1 aromatic heterocycles. The number of aryl methyl sites for hydroxylation is 3. The minimum atomic E-state index is -3.53. The minimum Gasteiger partial charge on any atom is -0.316 e. The van der Waals surface area contributed by atoms with Gasteiger partial charge in [-0.1, -0.05) is 30.2 Å². The third-order valence-electron chi connectivity index (χ3n) is 5.93. The zero-order valence-electron chi connectivity index (χ0n) is 18.8. The average molecular weight is 472 g/mol. The molecule has 1 amide bonds. The van der Waals surface area contributed by atoms with E-state index in [1.807, 2.05) is 6.92 Å². The predicted molar refractivity (Wildman–Crippen MR) is 129 cm³/mol. The Hall–Kier alpha value is -2.29. The fourth-order valence-electron chi connectivity index (χ4n) is 4.32. The molecule has 8 heteroatoms. The molecule has 0 atom stereocenters. The van der Waals surface area contributed by atoms with Gasteiger partial charge < -0.3 is 4.57 Å². The molecule has 6 nitrogen and oxygen atoms in total. The van der Waals surface area contributed by atoms with Crippen molar-refractivity contribution in [2.45, 2.75) is 57.9 Å². The van der Waals surface area contributed by atoms with Crippen molar-refractivity contribution < 1.29 is 13.2 Å². The van der Waals surface area contributed by atoms with Crippen LogP contribution in [0.5, 0.6) is 0 Å². The Labute approximate surface area is 193 Å². The molecule has 0 bridgehead atoms. The van der Waals surface area contributed by atoms with Gasteiger partial charge >= 0.3 is 0 Å². The van der Waals surface area contributed by atoms with Crippen LogP contribution in [-0.2, 0) is 16.6 Å². The highest BCUT2D eigenvalue weighted by molar-refractivity contribution is 7.89. The van der Waals surface area contributed by atoms with E-state index in [0.29, 0.717) is 30.0 Å². The van der Waals surface area contributed by atoms with Crippen molar-refractivity contribution in [2.24, 2.45) is 4.99 Å². The van der Waals surface area contributed by atoms with Crippen LogP contribution in [-0.4, -0.2) is 36.3 Å². The van der Waals surface area contributed by atoms with E-state index in [4.69, 9.17) is 0 Å². The van der Waals surface area contributed by atoms with E-state index < -0.39 is 10.0 Å². The van der Waals surface area contributed by atoms with Crippen LogP contribution in [0, 0.1) is 13.8 Å². The fraction of sp³-hybridized carbons (Fsp3) is 0.417. The molecular weight excluding hydrogens is 442 g/mol. The lowest BCUT2D eigenvalue weighted by atomic mass is 10.1. The van der Waals surface area contributed by atoms with Crippen molar-refractivity contribution in [3.05, 3.63) is 57.9 Å². The molecule has 170 valence electrons. The zero-order chi connectivity index (χ0) is 22.9. The van der Waals surface area contributed by atoms with Gasteiger partial charge in [0.1, 0.15) is 0 Å². The average Bonchev–Trinajstić information content (AvgIpc) is 2.92. The Bertz CT molecular complexity index is 1310. The van der Waals surface area contributed by atoms with Gasteiger partial charge in [-0.15, -0.1) is 0 Å². The Morgan fingerprint density at radius 3 is 2.31 bits per heavy atom. The normalized spacial score (nSPS) is 16.4. The van der Waals surface area contributed by atoms with Gasteiger partial charge in [-0.25, -0.2) is 8.42 Å². The first-order valence-corrected chi connectivity index (χ1v) is 13.4. The monoisotopic (exact) mass is 471 g/mol. The lowest BCUT2D eigenvalue weighted by Gasteiger charge is -2.19. The van der Waals surface area contributed by atoms with Crippen molar-refractivity contribution in [3.63, 3.8) is 0 Å². The van der Waals surface area contributed by atoms with Crippen molar-refractivity contribution >= 4 is 37.5 Å². The Balaban J connectivity index is 1.65. The molecule has 1 saturated heterocycles. The van der Waals surface area contributed by atoms with Gasteiger partial charge in [0.2, 0.25) is 10.0 Å². The number of carbonyl (C=O) groups is 1. The van der Waals surface area contributed by atoms with Crippen LogP contribution in [0.15, 0.2) is 46.3 Å². The van der Waals surface area contributed by atoms with E-state index >= 15 is 0 Å². The lowest BCUT2D eigenvalue weighted by Crippen LogP contribution is -2.31. The third kappa shape index (κ3) is 4.44. The molecular formula is C24H29N3O3S2. The van der Waals surface area contributed by atoms with Gasteiger partial charge in [0.05, 0.1) is 15.1 Å². The zero-order valence-corrected chi connectivity index (χ0v) is 20.4. The maximum absolute atomic E-state index is 13.0. The number of nitrogens with zero attached hydrogens (tertiary/aromatic N) is 3. The van der Waals surface area contributed by atoms with Crippen LogP contribution in [0.2, 0.25) is 0 Å². The lowest BCUT2D eigenvalue weighted by molar-refractivity contribution is 0.0997. The molecule has 0 spiro atoms. The van der Waals surface area contributed by atoms with Gasteiger partial charge in [-0.2, -0.15) is 9.30 Å². The van der Waals surface area contributed by atoms with Crippen LogP contribution >= 0.6 is 11.3 Å². The minimum absolute atomic E-state index is 0.229. The van der Waals surface area contributed by atoms with Crippen LogP contribution in [0.3, 0.4) is 0 Å². The summed E-state index contributed by atoms with van der Waals surface area (Å²) in [5.41, 5.74) is 3.83. The number of thiazole rings is 1. The highest BCUT2D eigenvalue weighted by Gasteiger charge is 2.25. The van der Waals surface area contributed by atoms with Crippen molar-refractivity contribution in [2.75, 3.05) is 13.1 Å². The van der Waals surface area contributed by atoms with Gasteiger partial charge in [-0.05, 0) is 75.1 Å². The molecule has 3 aromatic rings. The second kappa shape index (κ2) is 9.29. The van der Waals surface area contributed by atoms with E-state index in [1.165, 1.54) is 29.0 Å². The summed E-state index contributed by atoms with van der Waals surface area (Å²) in [5.74, 6) is -0.369. The summed E-state index contributed by atoms with van der Waals surface area (Å²) >= 11 is 1.50. The third-order valence-corrected chi connectivity index (χ3v) is 8.87. The van der Waals surface area contributed by atoms with Crippen LogP contribution in [0.25, 0.3) is 10.2 Å². The van der Waals surface area contributed by atoms with Crippen molar-refractivity contribution in [3.8, 4) is 0 Å². The van der Waals surface area contributed by atoms with E-state index in [9.17, 15) is 13.2 Å². The molecule has 0 unspecified atom stereocenters. The summed E-state index contributed by atoms with van der Waals surface area (Å²) in [6.07, 6.45) is 3.91. The molecule has 2 heterocycles. The maximum Gasteiger partial charge on any atom is 0.279 e. The van der Waals surface area contributed by atoms with Crippen molar-refractivity contribution in [1.82, 2.24) is 8.87 Å². The molecule has 4 rings (SSSR count). The van der Waals surface area contributed by atoms with Crippen LogP contribution in [0.4, 0.5) is 0 Å². The van der Waals surface area contributed by atoms with E-state index in [-0.39, 0.29) is 10.8 Å². The molecule has 32 heavy (non-hydrogen) atoms. The van der Waals surface area contributed by atoms with Gasteiger partial charge in [0, 0.05) is 25.2 Å². The number of aromatic nitrogens is 1. The number of hydrogen-bond donors (Lipinski definition) is 0.